The van der Waals surface area contributed by atoms with Crippen molar-refractivity contribution >= 4 is 21.6 Å². The third kappa shape index (κ3) is 1.79. The second-order valence-corrected chi connectivity index (χ2v) is 4.52. The van der Waals surface area contributed by atoms with Crippen LogP contribution in [0.1, 0.15) is 6.42 Å². The van der Waals surface area contributed by atoms with Crippen LogP contribution in [-0.4, -0.2) is 36.0 Å². The molecular weight excluding hydrogens is 244 g/mol. The van der Waals surface area contributed by atoms with Crippen molar-refractivity contribution in [3.8, 4) is 0 Å². The van der Waals surface area contributed by atoms with Gasteiger partial charge in [0.05, 0.1) is 11.9 Å². The SMILES string of the molecule is CN(C[C@H]1CCN1)c1cnn(C)c1Br. The summed E-state index contributed by atoms with van der Waals surface area (Å²) in [6.45, 7) is 2.21. The summed E-state index contributed by atoms with van der Waals surface area (Å²) in [5.41, 5.74) is 1.15. The predicted molar refractivity (Wildman–Crippen MR) is 60.6 cm³/mol. The average Bonchev–Trinajstić information content (AvgIpc) is 2.41. The van der Waals surface area contributed by atoms with Crippen molar-refractivity contribution in [3.05, 3.63) is 10.8 Å². The summed E-state index contributed by atoms with van der Waals surface area (Å²) >= 11 is 3.52. The monoisotopic (exact) mass is 258 g/mol. The van der Waals surface area contributed by atoms with E-state index in [1.165, 1.54) is 6.42 Å². The van der Waals surface area contributed by atoms with Gasteiger partial charge in [0.2, 0.25) is 0 Å². The zero-order chi connectivity index (χ0) is 10.1. The number of rotatable bonds is 3. The molecule has 0 aromatic carbocycles. The standard InChI is InChI=1S/C9H15BrN4/c1-13(6-7-3-4-11-7)8-5-12-14(2)9(8)10/h5,7,11H,3-4,6H2,1-2H3/t7-/m1/s1. The van der Waals surface area contributed by atoms with Gasteiger partial charge in [0.25, 0.3) is 0 Å². The van der Waals surface area contributed by atoms with Crippen molar-refractivity contribution in [1.29, 1.82) is 0 Å². The molecule has 14 heavy (non-hydrogen) atoms. The van der Waals surface area contributed by atoms with E-state index in [2.05, 4.69) is 38.3 Å². The van der Waals surface area contributed by atoms with Gasteiger partial charge in [-0.3, -0.25) is 4.68 Å². The Kier molecular flexibility index (Phi) is 2.78. The van der Waals surface area contributed by atoms with Crippen LogP contribution in [0.15, 0.2) is 10.8 Å². The summed E-state index contributed by atoms with van der Waals surface area (Å²) in [5.74, 6) is 0. The van der Waals surface area contributed by atoms with E-state index >= 15 is 0 Å². The maximum absolute atomic E-state index is 4.20. The third-order valence-corrected chi connectivity index (χ3v) is 3.60. The lowest BCUT2D eigenvalue weighted by Gasteiger charge is -2.32. The molecule has 1 saturated heterocycles. The van der Waals surface area contributed by atoms with Crippen LogP contribution < -0.4 is 10.2 Å². The van der Waals surface area contributed by atoms with Gasteiger partial charge in [0.1, 0.15) is 4.60 Å². The molecule has 1 aliphatic rings. The number of nitrogens with one attached hydrogen (secondary N) is 1. The molecule has 0 saturated carbocycles. The number of likely N-dealkylation sites (N-methyl/N-ethyl adjacent to an activating group) is 1. The molecule has 1 fully saturated rings. The molecular formula is C9H15BrN4. The summed E-state index contributed by atoms with van der Waals surface area (Å²) in [7, 11) is 4.03. The summed E-state index contributed by atoms with van der Waals surface area (Å²) in [5, 5.41) is 7.58. The summed E-state index contributed by atoms with van der Waals surface area (Å²) in [6, 6.07) is 0.645. The van der Waals surface area contributed by atoms with Crippen molar-refractivity contribution in [2.75, 3.05) is 25.0 Å². The zero-order valence-electron chi connectivity index (χ0n) is 8.50. The van der Waals surface area contributed by atoms with Crippen LogP contribution in [0.4, 0.5) is 5.69 Å². The molecule has 1 aliphatic heterocycles. The Labute approximate surface area is 92.4 Å². The fourth-order valence-electron chi connectivity index (χ4n) is 1.60. The highest BCUT2D eigenvalue weighted by molar-refractivity contribution is 9.10. The van der Waals surface area contributed by atoms with E-state index in [-0.39, 0.29) is 0 Å². The van der Waals surface area contributed by atoms with Crippen molar-refractivity contribution in [2.24, 2.45) is 7.05 Å². The van der Waals surface area contributed by atoms with E-state index in [1.54, 1.807) is 0 Å². The maximum atomic E-state index is 4.20. The number of halogens is 1. The molecule has 1 atom stereocenters. The molecule has 5 heteroatoms. The van der Waals surface area contributed by atoms with Gasteiger partial charge in [-0.2, -0.15) is 5.10 Å². The Hall–Kier alpha value is -0.550. The Morgan fingerprint density at radius 3 is 2.93 bits per heavy atom. The topological polar surface area (TPSA) is 33.1 Å². The van der Waals surface area contributed by atoms with E-state index in [0.717, 1.165) is 23.4 Å². The minimum Gasteiger partial charge on any atom is -0.370 e. The first-order chi connectivity index (χ1) is 6.68. The van der Waals surface area contributed by atoms with E-state index in [1.807, 2.05) is 17.9 Å². The van der Waals surface area contributed by atoms with Crippen molar-refractivity contribution < 1.29 is 0 Å². The zero-order valence-corrected chi connectivity index (χ0v) is 10.1. The molecule has 2 heterocycles. The first-order valence-electron chi connectivity index (χ1n) is 4.80. The summed E-state index contributed by atoms with van der Waals surface area (Å²) in [4.78, 5) is 2.23. The molecule has 0 bridgehead atoms. The molecule has 1 aromatic heterocycles. The number of aryl methyl sites for hydroxylation is 1. The van der Waals surface area contributed by atoms with Crippen LogP contribution in [-0.2, 0) is 7.05 Å². The third-order valence-electron chi connectivity index (χ3n) is 2.68. The van der Waals surface area contributed by atoms with Crippen molar-refractivity contribution in [2.45, 2.75) is 12.5 Å². The minimum atomic E-state index is 0.645. The van der Waals surface area contributed by atoms with E-state index in [9.17, 15) is 0 Å². The van der Waals surface area contributed by atoms with Gasteiger partial charge in [-0.15, -0.1) is 0 Å². The molecule has 78 valence electrons. The fourth-order valence-corrected chi connectivity index (χ4v) is 2.10. The molecule has 0 radical (unpaired) electrons. The largest absolute Gasteiger partial charge is 0.370 e. The average molecular weight is 259 g/mol. The summed E-state index contributed by atoms with van der Waals surface area (Å²) < 4.78 is 2.87. The number of nitrogens with zero attached hydrogens (tertiary/aromatic N) is 3. The van der Waals surface area contributed by atoms with E-state index < -0.39 is 0 Å². The van der Waals surface area contributed by atoms with Crippen LogP contribution >= 0.6 is 15.9 Å². The molecule has 1 aromatic rings. The first-order valence-corrected chi connectivity index (χ1v) is 5.60. The second kappa shape index (κ2) is 3.90. The predicted octanol–water partition coefficient (Wildman–Crippen LogP) is 0.981. The lowest BCUT2D eigenvalue weighted by molar-refractivity contribution is 0.374. The highest BCUT2D eigenvalue weighted by Crippen LogP contribution is 2.24. The first kappa shape index (κ1) is 9.98. The van der Waals surface area contributed by atoms with Gasteiger partial charge in [0.15, 0.2) is 0 Å². The quantitative estimate of drug-likeness (QED) is 0.878. The number of hydrogen-bond donors (Lipinski definition) is 1. The maximum Gasteiger partial charge on any atom is 0.127 e. The fraction of sp³-hybridized carbons (Fsp3) is 0.667. The van der Waals surface area contributed by atoms with Crippen molar-refractivity contribution in [3.63, 3.8) is 0 Å². The van der Waals surface area contributed by atoms with Crippen LogP contribution in [0.5, 0.6) is 0 Å². The molecule has 0 spiro atoms. The van der Waals surface area contributed by atoms with Gasteiger partial charge >= 0.3 is 0 Å². The highest BCUT2D eigenvalue weighted by atomic mass is 79.9. The van der Waals surface area contributed by atoms with Gasteiger partial charge in [0, 0.05) is 26.7 Å². The summed E-state index contributed by atoms with van der Waals surface area (Å²) in [6.07, 6.45) is 3.17. The van der Waals surface area contributed by atoms with E-state index in [4.69, 9.17) is 0 Å². The Bertz CT molecular complexity index is 319. The molecule has 4 nitrogen and oxygen atoms in total. The Morgan fingerprint density at radius 1 is 1.79 bits per heavy atom. The normalized spacial score (nSPS) is 20.6. The highest BCUT2D eigenvalue weighted by Gasteiger charge is 2.20. The number of anilines is 1. The number of hydrogen-bond acceptors (Lipinski definition) is 3. The molecule has 0 amide bonds. The van der Waals surface area contributed by atoms with Crippen molar-refractivity contribution in [1.82, 2.24) is 15.1 Å². The Morgan fingerprint density at radius 2 is 2.50 bits per heavy atom. The van der Waals surface area contributed by atoms with E-state index in [0.29, 0.717) is 6.04 Å². The molecule has 2 rings (SSSR count). The second-order valence-electron chi connectivity index (χ2n) is 3.76. The molecule has 0 aliphatic carbocycles. The van der Waals surface area contributed by atoms with Crippen LogP contribution in [0.25, 0.3) is 0 Å². The van der Waals surface area contributed by atoms with Gasteiger partial charge in [-0.05, 0) is 28.9 Å². The lowest BCUT2D eigenvalue weighted by atomic mass is 10.1. The van der Waals surface area contributed by atoms with Gasteiger partial charge in [-0.25, -0.2) is 0 Å². The van der Waals surface area contributed by atoms with Crippen LogP contribution in [0.3, 0.4) is 0 Å². The number of aromatic nitrogens is 2. The Balaban J connectivity index is 2.02. The smallest absolute Gasteiger partial charge is 0.127 e. The minimum absolute atomic E-state index is 0.645. The van der Waals surface area contributed by atoms with Crippen LogP contribution in [0, 0.1) is 0 Å². The van der Waals surface area contributed by atoms with Gasteiger partial charge in [-0.1, -0.05) is 0 Å². The lowest BCUT2D eigenvalue weighted by Crippen LogP contribution is -2.49. The van der Waals surface area contributed by atoms with Gasteiger partial charge < -0.3 is 10.2 Å². The molecule has 1 N–H and O–H groups in total. The molecule has 0 unspecified atom stereocenters. The van der Waals surface area contributed by atoms with Crippen LogP contribution in [0.2, 0.25) is 0 Å².